The van der Waals surface area contributed by atoms with E-state index in [4.69, 9.17) is 19.6 Å². The second kappa shape index (κ2) is 7.04. The number of likely N-dealkylation sites (N-methyl/N-ethyl adjacent to an activating group) is 1. The van der Waals surface area contributed by atoms with Crippen LogP contribution in [0.15, 0.2) is 18.2 Å². The van der Waals surface area contributed by atoms with Crippen LogP contribution in [0.3, 0.4) is 0 Å². The lowest BCUT2D eigenvalue weighted by atomic mass is 9.89. The van der Waals surface area contributed by atoms with Gasteiger partial charge in [-0.15, -0.1) is 0 Å². The minimum absolute atomic E-state index is 0.0770. The second-order valence-electron chi connectivity index (χ2n) is 7.08. The molecular formula is C19H28N4O2. The predicted octanol–water partition coefficient (Wildman–Crippen LogP) is 2.50. The van der Waals surface area contributed by atoms with Gasteiger partial charge in [-0.1, -0.05) is 13.0 Å². The third kappa shape index (κ3) is 3.49. The first-order valence-electron chi connectivity index (χ1n) is 8.82. The molecule has 1 atom stereocenters. The number of hydrogen-bond acceptors (Lipinski definition) is 5. The summed E-state index contributed by atoms with van der Waals surface area (Å²) in [6.07, 6.45) is 1.81. The summed E-state index contributed by atoms with van der Waals surface area (Å²) >= 11 is 0. The lowest BCUT2D eigenvalue weighted by molar-refractivity contribution is 0.354. The zero-order valence-corrected chi connectivity index (χ0v) is 15.9. The summed E-state index contributed by atoms with van der Waals surface area (Å²) in [6, 6.07) is 5.97. The van der Waals surface area contributed by atoms with Crippen molar-refractivity contribution in [3.63, 3.8) is 0 Å². The maximum atomic E-state index is 5.40. The van der Waals surface area contributed by atoms with Crippen molar-refractivity contribution >= 4 is 0 Å². The first-order chi connectivity index (χ1) is 12.0. The lowest BCUT2D eigenvalue weighted by Crippen LogP contribution is -2.30. The first kappa shape index (κ1) is 17.7. The Morgan fingerprint density at radius 3 is 2.56 bits per heavy atom. The maximum Gasteiger partial charge on any atom is 0.161 e. The Morgan fingerprint density at radius 2 is 1.96 bits per heavy atom. The van der Waals surface area contributed by atoms with Crippen molar-refractivity contribution in [2.75, 3.05) is 34.4 Å². The van der Waals surface area contributed by atoms with Gasteiger partial charge in [0.1, 0.15) is 5.82 Å². The Morgan fingerprint density at radius 1 is 1.20 bits per heavy atom. The molecule has 1 saturated heterocycles. The van der Waals surface area contributed by atoms with E-state index in [-0.39, 0.29) is 5.41 Å². The topological polar surface area (TPSA) is 52.4 Å². The molecule has 1 aliphatic rings. The minimum Gasteiger partial charge on any atom is -0.493 e. The number of benzene rings is 1. The van der Waals surface area contributed by atoms with E-state index in [0.717, 1.165) is 54.8 Å². The van der Waals surface area contributed by atoms with Gasteiger partial charge in [-0.3, -0.25) is 0 Å². The fourth-order valence-corrected chi connectivity index (χ4v) is 3.68. The number of nitrogens with zero attached hydrogens (tertiary/aromatic N) is 4. The minimum atomic E-state index is 0.0770. The van der Waals surface area contributed by atoms with Crippen LogP contribution in [0.1, 0.15) is 37.5 Å². The van der Waals surface area contributed by atoms with Crippen molar-refractivity contribution in [3.8, 4) is 11.5 Å². The summed E-state index contributed by atoms with van der Waals surface area (Å²) in [4.78, 5) is 7.28. The molecule has 2 heterocycles. The predicted molar refractivity (Wildman–Crippen MR) is 97.5 cm³/mol. The molecule has 3 rings (SSSR count). The van der Waals surface area contributed by atoms with E-state index in [1.54, 1.807) is 14.2 Å². The quantitative estimate of drug-likeness (QED) is 0.806. The van der Waals surface area contributed by atoms with E-state index < -0.39 is 0 Å². The molecule has 1 aliphatic heterocycles. The molecule has 1 aromatic carbocycles. The largest absolute Gasteiger partial charge is 0.493 e. The molecule has 1 unspecified atom stereocenters. The third-order valence-corrected chi connectivity index (χ3v) is 5.03. The van der Waals surface area contributed by atoms with Crippen LogP contribution < -0.4 is 9.47 Å². The van der Waals surface area contributed by atoms with Gasteiger partial charge >= 0.3 is 0 Å². The van der Waals surface area contributed by atoms with E-state index in [2.05, 4.69) is 30.5 Å². The number of hydrogen-bond donors (Lipinski definition) is 0. The normalized spacial score (nSPS) is 20.8. The van der Waals surface area contributed by atoms with E-state index in [1.807, 2.05) is 18.2 Å². The van der Waals surface area contributed by atoms with Crippen LogP contribution in [0.4, 0.5) is 0 Å². The number of likely N-dealkylation sites (tertiary alicyclic amines) is 1. The fourth-order valence-electron chi connectivity index (χ4n) is 3.68. The van der Waals surface area contributed by atoms with E-state index in [0.29, 0.717) is 6.42 Å². The fraction of sp³-hybridized carbons (Fsp3) is 0.579. The second-order valence-corrected chi connectivity index (χ2v) is 7.08. The van der Waals surface area contributed by atoms with E-state index in [9.17, 15) is 0 Å². The van der Waals surface area contributed by atoms with Crippen molar-refractivity contribution in [1.82, 2.24) is 19.7 Å². The Labute approximate surface area is 149 Å². The molecule has 1 fully saturated rings. The molecule has 2 aromatic rings. The highest BCUT2D eigenvalue weighted by Gasteiger charge is 2.38. The summed E-state index contributed by atoms with van der Waals surface area (Å²) in [7, 11) is 5.47. The molecule has 0 saturated carbocycles. The van der Waals surface area contributed by atoms with Crippen LogP contribution in [-0.2, 0) is 18.4 Å². The smallest absolute Gasteiger partial charge is 0.161 e. The van der Waals surface area contributed by atoms with Gasteiger partial charge in [-0.25, -0.2) is 9.67 Å². The highest BCUT2D eigenvalue weighted by Crippen LogP contribution is 2.33. The Balaban J connectivity index is 1.87. The van der Waals surface area contributed by atoms with Crippen molar-refractivity contribution < 1.29 is 9.47 Å². The zero-order valence-electron chi connectivity index (χ0n) is 15.9. The third-order valence-electron chi connectivity index (χ3n) is 5.03. The van der Waals surface area contributed by atoms with Gasteiger partial charge in [0.2, 0.25) is 0 Å². The highest BCUT2D eigenvalue weighted by molar-refractivity contribution is 5.43. The molecule has 0 radical (unpaired) electrons. The average molecular weight is 344 g/mol. The number of rotatable bonds is 6. The van der Waals surface area contributed by atoms with Crippen LogP contribution in [0.5, 0.6) is 11.5 Å². The number of methoxy groups -OCH3 is 2. The first-order valence-corrected chi connectivity index (χ1v) is 8.82. The van der Waals surface area contributed by atoms with Gasteiger partial charge in [0, 0.05) is 24.9 Å². The van der Waals surface area contributed by atoms with Gasteiger partial charge in [-0.2, -0.15) is 5.10 Å². The maximum absolute atomic E-state index is 5.40. The Hall–Kier alpha value is -2.08. The summed E-state index contributed by atoms with van der Waals surface area (Å²) in [6.45, 7) is 7.40. The van der Waals surface area contributed by atoms with Gasteiger partial charge in [0.05, 0.1) is 14.2 Å². The summed E-state index contributed by atoms with van der Waals surface area (Å²) < 4.78 is 12.8. The van der Waals surface area contributed by atoms with Crippen molar-refractivity contribution in [2.24, 2.45) is 0 Å². The molecule has 136 valence electrons. The molecule has 0 bridgehead atoms. The van der Waals surface area contributed by atoms with Crippen LogP contribution in [-0.4, -0.2) is 54.0 Å². The molecule has 0 amide bonds. The molecule has 6 heteroatoms. The van der Waals surface area contributed by atoms with E-state index in [1.165, 1.54) is 0 Å². The molecule has 0 spiro atoms. The van der Waals surface area contributed by atoms with Crippen molar-refractivity contribution in [1.29, 1.82) is 0 Å². The number of ether oxygens (including phenoxy) is 2. The number of aryl methyl sites for hydroxylation is 1. The summed E-state index contributed by atoms with van der Waals surface area (Å²) in [5, 5.41) is 4.75. The standard InChI is InChI=1S/C19H28N4O2/c1-6-23-18(19(2)9-10-22(3)13-19)20-17(21-23)12-14-7-8-15(24-4)16(11-14)25-5/h7-8,11H,6,9-10,12-13H2,1-5H3. The van der Waals surface area contributed by atoms with Gasteiger partial charge in [0.25, 0.3) is 0 Å². The Bertz CT molecular complexity index is 743. The zero-order chi connectivity index (χ0) is 18.0. The van der Waals surface area contributed by atoms with Crippen LogP contribution in [0, 0.1) is 0 Å². The number of aromatic nitrogens is 3. The van der Waals surface area contributed by atoms with E-state index >= 15 is 0 Å². The monoisotopic (exact) mass is 344 g/mol. The summed E-state index contributed by atoms with van der Waals surface area (Å²) in [5.74, 6) is 3.44. The molecule has 0 N–H and O–H groups in total. The van der Waals surface area contributed by atoms with Crippen molar-refractivity contribution in [3.05, 3.63) is 35.4 Å². The van der Waals surface area contributed by atoms with Crippen molar-refractivity contribution in [2.45, 2.75) is 38.6 Å². The van der Waals surface area contributed by atoms with Crippen LogP contribution >= 0.6 is 0 Å². The molecule has 25 heavy (non-hydrogen) atoms. The SMILES string of the molecule is CCn1nc(Cc2ccc(OC)c(OC)c2)nc1C1(C)CCN(C)C1. The molecule has 0 aliphatic carbocycles. The van der Waals surface area contributed by atoms with Gasteiger partial charge in [-0.05, 0) is 44.6 Å². The molecule has 1 aromatic heterocycles. The highest BCUT2D eigenvalue weighted by atomic mass is 16.5. The lowest BCUT2D eigenvalue weighted by Gasteiger charge is -2.22. The van der Waals surface area contributed by atoms with Crippen LogP contribution in [0.2, 0.25) is 0 Å². The van der Waals surface area contributed by atoms with Gasteiger partial charge < -0.3 is 14.4 Å². The summed E-state index contributed by atoms with van der Waals surface area (Å²) in [5.41, 5.74) is 1.19. The van der Waals surface area contributed by atoms with Crippen LogP contribution in [0.25, 0.3) is 0 Å². The molecule has 6 nitrogen and oxygen atoms in total. The molecular weight excluding hydrogens is 316 g/mol. The van der Waals surface area contributed by atoms with Gasteiger partial charge in [0.15, 0.2) is 17.3 Å². The Kier molecular flexibility index (Phi) is 4.99. The average Bonchev–Trinajstić information content (AvgIpc) is 3.18.